The molecule has 0 heterocycles. The zero-order valence-electron chi connectivity index (χ0n) is 16.2. The van der Waals surface area contributed by atoms with E-state index in [1.807, 2.05) is 0 Å². The van der Waals surface area contributed by atoms with E-state index >= 15 is 0 Å². The first-order valence-corrected chi connectivity index (χ1v) is 9.45. The van der Waals surface area contributed by atoms with Crippen molar-refractivity contribution in [2.45, 2.75) is 20.8 Å². The number of hydrogen-bond acceptors (Lipinski definition) is 0. The highest BCUT2D eigenvalue weighted by Gasteiger charge is 2.16. The summed E-state index contributed by atoms with van der Waals surface area (Å²) in [5.41, 5.74) is 11.4. The van der Waals surface area contributed by atoms with Gasteiger partial charge in [0.1, 0.15) is 0 Å². The largest absolute Gasteiger partial charge is 0.0587 e. The molecule has 3 aromatic carbocycles. The topological polar surface area (TPSA) is 0 Å². The maximum Gasteiger partial charge on any atom is -0.00992 e. The summed E-state index contributed by atoms with van der Waals surface area (Å²) < 4.78 is 0. The maximum atomic E-state index is 2.31. The molecule has 0 saturated heterocycles. The summed E-state index contributed by atoms with van der Waals surface area (Å²) in [4.78, 5) is 0. The van der Waals surface area contributed by atoms with Gasteiger partial charge < -0.3 is 0 Å². The van der Waals surface area contributed by atoms with Crippen LogP contribution >= 0.6 is 0 Å². The van der Waals surface area contributed by atoms with Gasteiger partial charge in [-0.05, 0) is 72.4 Å². The lowest BCUT2D eigenvalue weighted by atomic mass is 9.94. The van der Waals surface area contributed by atoms with Gasteiger partial charge in [0.15, 0.2) is 0 Å². The van der Waals surface area contributed by atoms with Gasteiger partial charge in [-0.1, -0.05) is 89.5 Å². The summed E-state index contributed by atoms with van der Waals surface area (Å²) in [6.07, 6.45) is 6.87. The SMILES string of the molecule is Cc1ccc(C=C2C=C(c3ccc(C)cc3)C(c3ccc(C)cc3)=C2)cc1. The molecule has 0 unspecified atom stereocenters. The Morgan fingerprint density at radius 3 is 1.26 bits per heavy atom. The zero-order valence-corrected chi connectivity index (χ0v) is 16.2. The van der Waals surface area contributed by atoms with Crippen molar-refractivity contribution in [1.82, 2.24) is 0 Å². The predicted molar refractivity (Wildman–Crippen MR) is 117 cm³/mol. The van der Waals surface area contributed by atoms with Crippen LogP contribution in [0.15, 0.2) is 90.5 Å². The van der Waals surface area contributed by atoms with Gasteiger partial charge >= 0.3 is 0 Å². The Bertz CT molecular complexity index is 975. The van der Waals surface area contributed by atoms with Crippen LogP contribution in [-0.2, 0) is 0 Å². The Kier molecular flexibility index (Phi) is 4.64. The zero-order chi connectivity index (χ0) is 18.8. The van der Waals surface area contributed by atoms with E-state index in [1.165, 1.54) is 50.1 Å². The molecule has 132 valence electrons. The first-order chi connectivity index (χ1) is 13.1. The molecule has 0 bridgehead atoms. The molecule has 0 amide bonds. The summed E-state index contributed by atoms with van der Waals surface area (Å²) in [6, 6.07) is 26.3. The van der Waals surface area contributed by atoms with Crippen molar-refractivity contribution < 1.29 is 0 Å². The lowest BCUT2D eigenvalue weighted by Gasteiger charge is -2.10. The van der Waals surface area contributed by atoms with Crippen molar-refractivity contribution in [3.63, 3.8) is 0 Å². The number of benzene rings is 3. The van der Waals surface area contributed by atoms with E-state index in [-0.39, 0.29) is 0 Å². The Morgan fingerprint density at radius 1 is 0.481 bits per heavy atom. The summed E-state index contributed by atoms with van der Waals surface area (Å²) in [6.45, 7) is 6.38. The molecule has 0 spiro atoms. The molecule has 0 aliphatic heterocycles. The van der Waals surface area contributed by atoms with Crippen LogP contribution in [0, 0.1) is 20.8 Å². The van der Waals surface area contributed by atoms with Crippen molar-refractivity contribution in [2.75, 3.05) is 0 Å². The van der Waals surface area contributed by atoms with E-state index in [0.717, 1.165) is 0 Å². The standard InChI is InChI=1S/C27H24/c1-19-4-10-22(11-5-19)16-23-17-26(24-12-6-20(2)7-13-24)27(18-23)25-14-8-21(3)9-15-25/h4-18H,1-3H3. The van der Waals surface area contributed by atoms with Crippen LogP contribution in [0.2, 0.25) is 0 Å². The van der Waals surface area contributed by atoms with Gasteiger partial charge in [-0.25, -0.2) is 0 Å². The fourth-order valence-electron chi connectivity index (χ4n) is 3.41. The molecule has 0 N–H and O–H groups in total. The predicted octanol–water partition coefficient (Wildman–Crippen LogP) is 7.18. The van der Waals surface area contributed by atoms with Gasteiger partial charge in [0, 0.05) is 0 Å². The van der Waals surface area contributed by atoms with Crippen molar-refractivity contribution in [2.24, 2.45) is 0 Å². The molecular formula is C27H24. The third-order valence-corrected chi connectivity index (χ3v) is 5.05. The van der Waals surface area contributed by atoms with Crippen molar-refractivity contribution in [3.8, 4) is 0 Å². The van der Waals surface area contributed by atoms with Crippen molar-refractivity contribution >= 4 is 17.2 Å². The first kappa shape index (κ1) is 17.3. The van der Waals surface area contributed by atoms with E-state index < -0.39 is 0 Å². The van der Waals surface area contributed by atoms with Crippen molar-refractivity contribution in [1.29, 1.82) is 0 Å². The molecule has 1 aliphatic rings. The second-order valence-corrected chi connectivity index (χ2v) is 7.40. The van der Waals surface area contributed by atoms with E-state index in [1.54, 1.807) is 0 Å². The molecule has 0 radical (unpaired) electrons. The molecule has 0 atom stereocenters. The minimum absolute atomic E-state index is 1.23. The van der Waals surface area contributed by atoms with Gasteiger partial charge in [0.25, 0.3) is 0 Å². The highest BCUT2D eigenvalue weighted by atomic mass is 14.2. The smallest absolute Gasteiger partial charge is 0.00992 e. The van der Waals surface area contributed by atoms with Crippen LogP contribution in [0.1, 0.15) is 33.4 Å². The molecule has 0 heteroatoms. The maximum absolute atomic E-state index is 2.31. The fraction of sp³-hybridized carbons (Fsp3) is 0.111. The summed E-state index contributed by atoms with van der Waals surface area (Å²) >= 11 is 0. The second-order valence-electron chi connectivity index (χ2n) is 7.40. The Morgan fingerprint density at radius 2 is 0.852 bits per heavy atom. The van der Waals surface area contributed by atoms with Gasteiger partial charge in [0.05, 0.1) is 0 Å². The highest BCUT2D eigenvalue weighted by Crippen LogP contribution is 2.39. The molecule has 3 aromatic rings. The molecule has 0 aromatic heterocycles. The van der Waals surface area contributed by atoms with Crippen LogP contribution in [0.25, 0.3) is 17.2 Å². The highest BCUT2D eigenvalue weighted by molar-refractivity contribution is 6.10. The average Bonchev–Trinajstić information content (AvgIpc) is 3.08. The Labute approximate surface area is 162 Å². The number of allylic oxidation sites excluding steroid dienone is 5. The van der Waals surface area contributed by atoms with E-state index in [4.69, 9.17) is 0 Å². The minimum atomic E-state index is 1.23. The Hall–Kier alpha value is -3.12. The summed E-state index contributed by atoms with van der Waals surface area (Å²) in [5.74, 6) is 0. The van der Waals surface area contributed by atoms with E-state index in [0.29, 0.717) is 0 Å². The molecule has 4 rings (SSSR count). The molecule has 1 aliphatic carbocycles. The van der Waals surface area contributed by atoms with Gasteiger partial charge in [0.2, 0.25) is 0 Å². The first-order valence-electron chi connectivity index (χ1n) is 9.45. The average molecular weight is 348 g/mol. The monoisotopic (exact) mass is 348 g/mol. The Balaban J connectivity index is 1.80. The van der Waals surface area contributed by atoms with Crippen LogP contribution in [0.4, 0.5) is 0 Å². The number of rotatable bonds is 3. The van der Waals surface area contributed by atoms with E-state index in [2.05, 4.69) is 112 Å². The molecule has 0 fully saturated rings. The van der Waals surface area contributed by atoms with Gasteiger partial charge in [-0.3, -0.25) is 0 Å². The van der Waals surface area contributed by atoms with Crippen molar-refractivity contribution in [3.05, 3.63) is 124 Å². The third kappa shape index (κ3) is 3.85. The molecule has 0 saturated carbocycles. The number of aryl methyl sites for hydroxylation is 3. The summed E-state index contributed by atoms with van der Waals surface area (Å²) in [7, 11) is 0. The van der Waals surface area contributed by atoms with E-state index in [9.17, 15) is 0 Å². The summed E-state index contributed by atoms with van der Waals surface area (Å²) in [5, 5.41) is 0. The lowest BCUT2D eigenvalue weighted by molar-refractivity contribution is 1.44. The van der Waals surface area contributed by atoms with Gasteiger partial charge in [-0.2, -0.15) is 0 Å². The second kappa shape index (κ2) is 7.25. The van der Waals surface area contributed by atoms with Gasteiger partial charge in [-0.15, -0.1) is 0 Å². The quantitative estimate of drug-likeness (QED) is 0.470. The third-order valence-electron chi connectivity index (χ3n) is 5.05. The lowest BCUT2D eigenvalue weighted by Crippen LogP contribution is -1.88. The van der Waals surface area contributed by atoms with Crippen LogP contribution < -0.4 is 0 Å². The molecule has 27 heavy (non-hydrogen) atoms. The fourth-order valence-corrected chi connectivity index (χ4v) is 3.41. The van der Waals surface area contributed by atoms with Crippen LogP contribution in [0.5, 0.6) is 0 Å². The molecule has 0 nitrogen and oxygen atoms in total. The normalized spacial score (nSPS) is 13.4. The minimum Gasteiger partial charge on any atom is -0.0587 e. The van der Waals surface area contributed by atoms with Crippen LogP contribution in [0.3, 0.4) is 0 Å². The molecular weight excluding hydrogens is 324 g/mol. The van der Waals surface area contributed by atoms with Crippen LogP contribution in [-0.4, -0.2) is 0 Å². The number of hydrogen-bond donors (Lipinski definition) is 0.